The van der Waals surface area contributed by atoms with E-state index in [4.69, 9.17) is 9.47 Å². The Balaban J connectivity index is 1.85. The number of rotatable bonds is 8. The molecule has 1 unspecified atom stereocenters. The predicted octanol–water partition coefficient (Wildman–Crippen LogP) is 5.81. The first-order valence-corrected chi connectivity index (χ1v) is 10.4. The van der Waals surface area contributed by atoms with Gasteiger partial charge in [0.1, 0.15) is 11.5 Å². The number of methoxy groups -OCH3 is 1. The summed E-state index contributed by atoms with van der Waals surface area (Å²) >= 11 is 0. The number of carbonyl (C=O) groups is 1. The molecule has 0 radical (unpaired) electrons. The van der Waals surface area contributed by atoms with Gasteiger partial charge in [0.25, 0.3) is 5.60 Å². The summed E-state index contributed by atoms with van der Waals surface area (Å²) in [6.07, 6.45) is -12.9. The number of esters is 1. The van der Waals surface area contributed by atoms with Crippen LogP contribution < -0.4 is 9.47 Å². The first-order valence-electron chi connectivity index (χ1n) is 10.4. The van der Waals surface area contributed by atoms with Crippen molar-refractivity contribution in [3.8, 4) is 11.5 Å². The summed E-state index contributed by atoms with van der Waals surface area (Å²) in [4.78, 5) is 11.6. The van der Waals surface area contributed by atoms with Gasteiger partial charge in [-0.2, -0.15) is 26.3 Å². The standard InChI is InChI=1S/C25H20F6O5/c1-34-22(32)17-7-11-19(12-8-17)35-21(15-16-5-3-2-4-6-16)36-20-13-9-18(10-14-20)23(33,24(26,27)28)25(29,30)31/h2-14,21,33H,15H2,1H3. The molecule has 0 aliphatic rings. The third kappa shape index (κ3) is 5.91. The van der Waals surface area contributed by atoms with E-state index < -0.39 is 35.8 Å². The number of hydrogen-bond donors (Lipinski definition) is 1. The molecule has 0 saturated heterocycles. The van der Waals surface area contributed by atoms with Crippen molar-refractivity contribution < 1.29 is 50.5 Å². The highest BCUT2D eigenvalue weighted by molar-refractivity contribution is 5.89. The molecule has 1 N–H and O–H groups in total. The number of aliphatic hydroxyl groups is 1. The minimum absolute atomic E-state index is 0.0995. The Labute approximate surface area is 201 Å². The van der Waals surface area contributed by atoms with Crippen molar-refractivity contribution in [1.82, 2.24) is 0 Å². The average Bonchev–Trinajstić information content (AvgIpc) is 2.83. The summed E-state index contributed by atoms with van der Waals surface area (Å²) in [5, 5.41) is 9.55. The molecule has 0 amide bonds. The number of alkyl halides is 6. The zero-order valence-corrected chi connectivity index (χ0v) is 18.6. The van der Waals surface area contributed by atoms with Gasteiger partial charge in [0.05, 0.1) is 12.7 Å². The van der Waals surface area contributed by atoms with Crippen LogP contribution in [0.2, 0.25) is 0 Å². The summed E-state index contributed by atoms with van der Waals surface area (Å²) in [5.41, 5.74) is -5.41. The summed E-state index contributed by atoms with van der Waals surface area (Å²) in [5.74, 6) is -0.377. The van der Waals surface area contributed by atoms with Crippen molar-refractivity contribution >= 4 is 5.97 Å². The van der Waals surface area contributed by atoms with E-state index in [9.17, 15) is 36.2 Å². The molecule has 1 atom stereocenters. The second-order valence-corrected chi connectivity index (χ2v) is 7.60. The lowest BCUT2D eigenvalue weighted by atomic mass is 9.92. The largest absolute Gasteiger partial charge is 0.465 e. The maximum absolute atomic E-state index is 13.1. The Morgan fingerprint density at radius 1 is 0.778 bits per heavy atom. The Kier molecular flexibility index (Phi) is 7.83. The molecule has 0 fully saturated rings. The Morgan fingerprint density at radius 3 is 1.69 bits per heavy atom. The van der Waals surface area contributed by atoms with E-state index in [-0.39, 0.29) is 23.5 Å². The molecular weight excluding hydrogens is 494 g/mol. The second kappa shape index (κ2) is 10.5. The molecule has 3 aromatic carbocycles. The smallest absolute Gasteiger partial charge is 0.430 e. The first kappa shape index (κ1) is 26.9. The molecule has 3 rings (SSSR count). The highest BCUT2D eigenvalue weighted by Crippen LogP contribution is 2.50. The molecule has 3 aromatic rings. The molecule has 0 aliphatic heterocycles. The summed E-state index contributed by atoms with van der Waals surface area (Å²) in [6, 6.07) is 17.4. The number of hydrogen-bond acceptors (Lipinski definition) is 5. The van der Waals surface area contributed by atoms with Gasteiger partial charge in [-0.3, -0.25) is 0 Å². The van der Waals surface area contributed by atoms with E-state index in [1.807, 2.05) is 0 Å². The van der Waals surface area contributed by atoms with E-state index in [1.165, 1.54) is 31.4 Å². The normalized spacial score (nSPS) is 13.1. The quantitative estimate of drug-likeness (QED) is 0.234. The number of benzene rings is 3. The average molecular weight is 514 g/mol. The van der Waals surface area contributed by atoms with Crippen LogP contribution in [0, 0.1) is 0 Å². The lowest BCUT2D eigenvalue weighted by Crippen LogP contribution is -2.53. The van der Waals surface area contributed by atoms with Crippen LogP contribution in [0.5, 0.6) is 11.5 Å². The van der Waals surface area contributed by atoms with Crippen LogP contribution in [0.25, 0.3) is 0 Å². The van der Waals surface area contributed by atoms with Gasteiger partial charge in [-0.05, 0) is 42.0 Å². The van der Waals surface area contributed by atoms with Crippen molar-refractivity contribution in [1.29, 1.82) is 0 Å². The van der Waals surface area contributed by atoms with E-state index in [1.54, 1.807) is 30.3 Å². The third-order valence-electron chi connectivity index (χ3n) is 5.15. The zero-order valence-electron chi connectivity index (χ0n) is 18.6. The van der Waals surface area contributed by atoms with Crippen LogP contribution in [0.4, 0.5) is 26.3 Å². The fourth-order valence-electron chi connectivity index (χ4n) is 3.27. The highest BCUT2D eigenvalue weighted by atomic mass is 19.4. The van der Waals surface area contributed by atoms with Gasteiger partial charge >= 0.3 is 18.3 Å². The minimum atomic E-state index is -6.00. The number of carbonyl (C=O) groups excluding carboxylic acids is 1. The van der Waals surface area contributed by atoms with Crippen LogP contribution in [-0.4, -0.2) is 36.8 Å². The second-order valence-electron chi connectivity index (χ2n) is 7.60. The SMILES string of the molecule is COC(=O)c1ccc(OC(Cc2ccccc2)Oc2ccc(C(O)(C(F)(F)F)C(F)(F)F)cc2)cc1. The fourth-order valence-corrected chi connectivity index (χ4v) is 3.27. The molecule has 0 aromatic heterocycles. The molecule has 0 aliphatic carbocycles. The minimum Gasteiger partial charge on any atom is -0.465 e. The van der Waals surface area contributed by atoms with Gasteiger partial charge in [0, 0.05) is 12.0 Å². The monoisotopic (exact) mass is 514 g/mol. The van der Waals surface area contributed by atoms with Crippen LogP contribution in [-0.2, 0) is 16.8 Å². The molecule has 0 spiro atoms. The molecule has 11 heteroatoms. The van der Waals surface area contributed by atoms with E-state index in [0.717, 1.165) is 17.7 Å². The van der Waals surface area contributed by atoms with Gasteiger partial charge in [-0.25, -0.2) is 4.79 Å². The van der Waals surface area contributed by atoms with Crippen LogP contribution in [0.15, 0.2) is 78.9 Å². The molecular formula is C25H20F6O5. The molecule has 192 valence electrons. The Morgan fingerprint density at radius 2 is 1.25 bits per heavy atom. The van der Waals surface area contributed by atoms with Gasteiger partial charge < -0.3 is 19.3 Å². The van der Waals surface area contributed by atoms with E-state index >= 15 is 0 Å². The summed E-state index contributed by atoms with van der Waals surface area (Å²) in [7, 11) is 1.23. The zero-order chi connectivity index (χ0) is 26.6. The molecule has 0 saturated carbocycles. The summed E-state index contributed by atoms with van der Waals surface area (Å²) in [6.45, 7) is 0. The van der Waals surface area contributed by atoms with E-state index in [2.05, 4.69) is 4.74 Å². The summed E-state index contributed by atoms with van der Waals surface area (Å²) < 4.78 is 94.9. The Hall–Kier alpha value is -3.73. The molecule has 36 heavy (non-hydrogen) atoms. The first-order chi connectivity index (χ1) is 16.8. The van der Waals surface area contributed by atoms with Crippen molar-refractivity contribution in [2.24, 2.45) is 0 Å². The van der Waals surface area contributed by atoms with Crippen molar-refractivity contribution in [2.75, 3.05) is 7.11 Å². The Bertz CT molecular complexity index is 1130. The highest BCUT2D eigenvalue weighted by Gasteiger charge is 2.71. The van der Waals surface area contributed by atoms with Crippen molar-refractivity contribution in [3.05, 3.63) is 95.6 Å². The number of ether oxygens (including phenoxy) is 3. The van der Waals surface area contributed by atoms with Gasteiger partial charge in [0.2, 0.25) is 6.29 Å². The lowest BCUT2D eigenvalue weighted by molar-refractivity contribution is -0.376. The lowest BCUT2D eigenvalue weighted by Gasteiger charge is -2.32. The van der Waals surface area contributed by atoms with Crippen molar-refractivity contribution in [3.63, 3.8) is 0 Å². The van der Waals surface area contributed by atoms with Gasteiger partial charge in [0.15, 0.2) is 0 Å². The fraction of sp³-hybridized carbons (Fsp3) is 0.240. The number of halogens is 6. The van der Waals surface area contributed by atoms with Crippen LogP contribution in [0.3, 0.4) is 0 Å². The van der Waals surface area contributed by atoms with Gasteiger partial charge in [-0.1, -0.05) is 42.5 Å². The van der Waals surface area contributed by atoms with Crippen molar-refractivity contribution in [2.45, 2.75) is 30.7 Å². The predicted molar refractivity (Wildman–Crippen MR) is 115 cm³/mol. The molecule has 5 nitrogen and oxygen atoms in total. The van der Waals surface area contributed by atoms with Gasteiger partial charge in [-0.15, -0.1) is 0 Å². The molecule has 0 heterocycles. The van der Waals surface area contributed by atoms with Crippen LogP contribution in [0.1, 0.15) is 21.5 Å². The maximum Gasteiger partial charge on any atom is 0.430 e. The maximum atomic E-state index is 13.1. The molecule has 0 bridgehead atoms. The van der Waals surface area contributed by atoms with Crippen LogP contribution >= 0.6 is 0 Å². The van der Waals surface area contributed by atoms with E-state index in [0.29, 0.717) is 12.1 Å². The third-order valence-corrected chi connectivity index (χ3v) is 5.15. The topological polar surface area (TPSA) is 65.0 Å².